The molecule has 0 saturated carbocycles. The van der Waals surface area contributed by atoms with Crippen molar-refractivity contribution in [1.29, 1.82) is 0 Å². The van der Waals surface area contributed by atoms with Crippen LogP contribution < -0.4 is 10.6 Å². The predicted molar refractivity (Wildman–Crippen MR) is 119 cm³/mol. The fraction of sp³-hybridized carbons (Fsp3) is 0.364. The Labute approximate surface area is 181 Å². The molecule has 9 heteroatoms. The Hall–Kier alpha value is -3.62. The number of aromatic nitrogens is 3. The van der Waals surface area contributed by atoms with Crippen molar-refractivity contribution in [2.75, 3.05) is 39.1 Å². The first kappa shape index (κ1) is 22.1. The lowest BCUT2D eigenvalue weighted by Crippen LogP contribution is -2.32. The zero-order valence-electron chi connectivity index (χ0n) is 18.3. The molecule has 2 heterocycles. The van der Waals surface area contributed by atoms with Gasteiger partial charge < -0.3 is 20.3 Å². The second-order valence-corrected chi connectivity index (χ2v) is 7.61. The number of rotatable bonds is 8. The second kappa shape index (κ2) is 9.92. The second-order valence-electron chi connectivity index (χ2n) is 7.61. The Balaban J connectivity index is 1.66. The maximum atomic E-state index is 11.9. The molecule has 31 heavy (non-hydrogen) atoms. The number of amides is 2. The first-order chi connectivity index (χ1) is 14.9. The van der Waals surface area contributed by atoms with Crippen molar-refractivity contribution < 1.29 is 14.3 Å². The molecule has 0 fully saturated rings. The van der Waals surface area contributed by atoms with E-state index in [0.29, 0.717) is 42.6 Å². The SMILES string of the molecule is CNC(=O)c1ccc(-c2cnc3ccc(NCCN(C)C(=O)OCC(C)C)nn23)cc1. The van der Waals surface area contributed by atoms with Crippen molar-refractivity contribution in [3.63, 3.8) is 0 Å². The summed E-state index contributed by atoms with van der Waals surface area (Å²) in [6.07, 6.45) is 1.41. The van der Waals surface area contributed by atoms with E-state index in [1.54, 1.807) is 36.9 Å². The molecule has 0 aliphatic heterocycles. The Bertz CT molecular complexity index is 1050. The van der Waals surface area contributed by atoms with Crippen LogP contribution in [0.4, 0.5) is 10.6 Å². The molecule has 0 atom stereocenters. The average Bonchev–Trinajstić information content (AvgIpc) is 3.20. The summed E-state index contributed by atoms with van der Waals surface area (Å²) in [6.45, 7) is 5.40. The van der Waals surface area contributed by atoms with Gasteiger partial charge in [-0.2, -0.15) is 0 Å². The van der Waals surface area contributed by atoms with Gasteiger partial charge in [-0.25, -0.2) is 14.3 Å². The predicted octanol–water partition coefficient (Wildman–Crippen LogP) is 2.89. The van der Waals surface area contributed by atoms with Gasteiger partial charge in [0.2, 0.25) is 0 Å². The van der Waals surface area contributed by atoms with Gasteiger partial charge in [0, 0.05) is 38.3 Å². The molecule has 0 spiro atoms. The van der Waals surface area contributed by atoms with Gasteiger partial charge in [0.25, 0.3) is 5.91 Å². The number of nitrogens with one attached hydrogen (secondary N) is 2. The van der Waals surface area contributed by atoms with Crippen LogP contribution in [-0.4, -0.2) is 65.3 Å². The van der Waals surface area contributed by atoms with Crippen molar-refractivity contribution in [3.05, 3.63) is 48.2 Å². The lowest BCUT2D eigenvalue weighted by molar-refractivity contribution is 0.0962. The topological polar surface area (TPSA) is 101 Å². The van der Waals surface area contributed by atoms with Crippen molar-refractivity contribution >= 4 is 23.5 Å². The highest BCUT2D eigenvalue weighted by Crippen LogP contribution is 2.21. The summed E-state index contributed by atoms with van der Waals surface area (Å²) >= 11 is 0. The Morgan fingerprint density at radius 1 is 1.16 bits per heavy atom. The summed E-state index contributed by atoms with van der Waals surface area (Å²) in [7, 11) is 3.31. The zero-order valence-corrected chi connectivity index (χ0v) is 18.3. The third kappa shape index (κ3) is 5.50. The normalized spacial score (nSPS) is 10.9. The molecule has 0 aliphatic rings. The van der Waals surface area contributed by atoms with Crippen LogP contribution in [0.1, 0.15) is 24.2 Å². The monoisotopic (exact) mass is 424 g/mol. The first-order valence-corrected chi connectivity index (χ1v) is 10.2. The van der Waals surface area contributed by atoms with E-state index in [9.17, 15) is 9.59 Å². The molecule has 3 aromatic rings. The number of fused-ring (bicyclic) bond motifs is 1. The van der Waals surface area contributed by atoms with Crippen molar-refractivity contribution in [2.24, 2.45) is 5.92 Å². The number of carbonyl (C=O) groups is 2. The highest BCUT2D eigenvalue weighted by molar-refractivity contribution is 5.94. The van der Waals surface area contributed by atoms with Gasteiger partial charge in [-0.1, -0.05) is 26.0 Å². The highest BCUT2D eigenvalue weighted by atomic mass is 16.6. The summed E-state index contributed by atoms with van der Waals surface area (Å²) in [5.41, 5.74) is 3.02. The van der Waals surface area contributed by atoms with E-state index < -0.39 is 0 Å². The van der Waals surface area contributed by atoms with Crippen LogP contribution in [0.25, 0.3) is 16.9 Å². The van der Waals surface area contributed by atoms with Crippen molar-refractivity contribution in [1.82, 2.24) is 24.8 Å². The number of hydrogen-bond acceptors (Lipinski definition) is 6. The Morgan fingerprint density at radius 2 is 1.90 bits per heavy atom. The van der Waals surface area contributed by atoms with Gasteiger partial charge in [0.15, 0.2) is 5.65 Å². The van der Waals surface area contributed by atoms with E-state index in [0.717, 1.165) is 11.3 Å². The maximum absolute atomic E-state index is 11.9. The van der Waals surface area contributed by atoms with E-state index >= 15 is 0 Å². The summed E-state index contributed by atoms with van der Waals surface area (Å²) < 4.78 is 6.96. The molecule has 9 nitrogen and oxygen atoms in total. The van der Waals surface area contributed by atoms with E-state index in [-0.39, 0.29) is 12.0 Å². The van der Waals surface area contributed by atoms with Gasteiger partial charge in [-0.3, -0.25) is 4.79 Å². The molecule has 2 amide bonds. The molecule has 1 aromatic carbocycles. The molecule has 0 unspecified atom stereocenters. The van der Waals surface area contributed by atoms with Crippen LogP contribution in [0.15, 0.2) is 42.6 Å². The first-order valence-electron chi connectivity index (χ1n) is 10.2. The van der Waals surface area contributed by atoms with Gasteiger partial charge in [-0.15, -0.1) is 5.10 Å². The van der Waals surface area contributed by atoms with Crippen LogP contribution in [-0.2, 0) is 4.74 Å². The summed E-state index contributed by atoms with van der Waals surface area (Å²) in [5, 5.41) is 10.5. The van der Waals surface area contributed by atoms with E-state index in [4.69, 9.17) is 4.74 Å². The van der Waals surface area contributed by atoms with Gasteiger partial charge in [0.1, 0.15) is 5.82 Å². The Morgan fingerprint density at radius 3 is 2.58 bits per heavy atom. The average molecular weight is 425 g/mol. The van der Waals surface area contributed by atoms with Crippen LogP contribution in [0, 0.1) is 5.92 Å². The molecular weight excluding hydrogens is 396 g/mol. The number of ether oxygens (including phenoxy) is 1. The minimum Gasteiger partial charge on any atom is -0.449 e. The molecule has 0 bridgehead atoms. The third-order valence-electron chi connectivity index (χ3n) is 4.64. The molecule has 0 radical (unpaired) electrons. The van der Waals surface area contributed by atoms with E-state index in [1.807, 2.05) is 38.1 Å². The maximum Gasteiger partial charge on any atom is 0.409 e. The smallest absolute Gasteiger partial charge is 0.409 e. The zero-order chi connectivity index (χ0) is 22.4. The number of benzene rings is 1. The van der Waals surface area contributed by atoms with Gasteiger partial charge >= 0.3 is 6.09 Å². The van der Waals surface area contributed by atoms with Crippen molar-refractivity contribution in [3.8, 4) is 11.3 Å². The number of carbonyl (C=O) groups excluding carboxylic acids is 2. The number of anilines is 1. The van der Waals surface area contributed by atoms with Crippen LogP contribution in [0.3, 0.4) is 0 Å². The van der Waals surface area contributed by atoms with E-state index in [2.05, 4.69) is 20.7 Å². The quantitative estimate of drug-likeness (QED) is 0.577. The van der Waals surface area contributed by atoms with E-state index in [1.165, 1.54) is 4.90 Å². The minimum absolute atomic E-state index is 0.132. The number of nitrogens with zero attached hydrogens (tertiary/aromatic N) is 4. The summed E-state index contributed by atoms with van der Waals surface area (Å²) in [5.74, 6) is 0.834. The molecule has 2 N–H and O–H groups in total. The molecular formula is C22H28N6O3. The molecule has 3 rings (SSSR count). The molecule has 164 valence electrons. The van der Waals surface area contributed by atoms with Gasteiger partial charge in [0.05, 0.1) is 18.5 Å². The fourth-order valence-electron chi connectivity index (χ4n) is 2.89. The summed E-state index contributed by atoms with van der Waals surface area (Å²) in [6, 6.07) is 11.0. The lowest BCUT2D eigenvalue weighted by Gasteiger charge is -2.18. The molecule has 2 aromatic heterocycles. The van der Waals surface area contributed by atoms with Gasteiger partial charge in [-0.05, 0) is 30.2 Å². The van der Waals surface area contributed by atoms with Crippen LogP contribution >= 0.6 is 0 Å². The Kier molecular flexibility index (Phi) is 7.07. The lowest BCUT2D eigenvalue weighted by atomic mass is 10.1. The largest absolute Gasteiger partial charge is 0.449 e. The molecule has 0 saturated heterocycles. The number of hydrogen-bond donors (Lipinski definition) is 2. The fourth-order valence-corrected chi connectivity index (χ4v) is 2.89. The minimum atomic E-state index is -0.337. The number of likely N-dealkylation sites (N-methyl/N-ethyl adjacent to an activating group) is 1. The third-order valence-corrected chi connectivity index (χ3v) is 4.64. The van der Waals surface area contributed by atoms with Crippen LogP contribution in [0.5, 0.6) is 0 Å². The summed E-state index contributed by atoms with van der Waals surface area (Å²) in [4.78, 5) is 29.6. The van der Waals surface area contributed by atoms with Crippen LogP contribution in [0.2, 0.25) is 0 Å². The van der Waals surface area contributed by atoms with Crippen molar-refractivity contribution in [2.45, 2.75) is 13.8 Å². The molecule has 0 aliphatic carbocycles. The number of imidazole rings is 1. The standard InChI is InChI=1S/C22H28N6O3/c1-15(2)14-31-22(30)27(4)12-11-24-19-9-10-20-25-13-18(28(20)26-19)16-5-7-17(8-6-16)21(29)23-3/h5-10,13,15H,11-12,14H2,1-4H3,(H,23,29)(H,24,26). The highest BCUT2D eigenvalue weighted by Gasteiger charge is 2.12.